The number of morpholine rings is 1. The molecule has 0 radical (unpaired) electrons. The maximum Gasteiger partial charge on any atom is 0.293 e. The lowest BCUT2D eigenvalue weighted by atomic mass is 10.2. The first-order valence-corrected chi connectivity index (χ1v) is 6.83. The number of likely N-dealkylation sites (N-methyl/N-ethyl adjacent to an activating group) is 1. The third kappa shape index (κ3) is 3.89. The summed E-state index contributed by atoms with van der Waals surface area (Å²) in [5.74, 6) is 0. The Morgan fingerprint density at radius 3 is 3.11 bits per heavy atom. The average molecular weight is 330 g/mol. The molecule has 1 unspecified atom stereocenters. The average Bonchev–Trinajstić information content (AvgIpc) is 2.37. The van der Waals surface area contributed by atoms with Crippen molar-refractivity contribution < 1.29 is 9.66 Å². The summed E-state index contributed by atoms with van der Waals surface area (Å²) in [6, 6.07) is 4.98. The van der Waals surface area contributed by atoms with Crippen LogP contribution >= 0.6 is 15.9 Å². The van der Waals surface area contributed by atoms with Crippen molar-refractivity contribution in [3.8, 4) is 0 Å². The molecule has 0 amide bonds. The summed E-state index contributed by atoms with van der Waals surface area (Å²) >= 11 is 3.24. The van der Waals surface area contributed by atoms with E-state index in [0.29, 0.717) is 23.3 Å². The molecule has 1 aromatic rings. The monoisotopic (exact) mass is 329 g/mol. The molecule has 1 aromatic carbocycles. The highest BCUT2D eigenvalue weighted by atomic mass is 79.9. The second kappa shape index (κ2) is 6.31. The molecule has 1 atom stereocenters. The number of nitro benzene ring substituents is 1. The number of ether oxygens (including phenoxy) is 1. The molecule has 0 saturated carbocycles. The fourth-order valence-electron chi connectivity index (χ4n) is 2.02. The Kier molecular flexibility index (Phi) is 4.73. The molecule has 0 bridgehead atoms. The van der Waals surface area contributed by atoms with Crippen LogP contribution in [0.4, 0.5) is 11.4 Å². The molecule has 1 aliphatic heterocycles. The summed E-state index contributed by atoms with van der Waals surface area (Å²) in [5.41, 5.74) is 0.587. The van der Waals surface area contributed by atoms with Crippen LogP contribution in [-0.2, 0) is 4.74 Å². The number of nitrogens with zero attached hydrogens (tertiary/aromatic N) is 2. The topological polar surface area (TPSA) is 67.6 Å². The van der Waals surface area contributed by atoms with Crippen molar-refractivity contribution in [3.63, 3.8) is 0 Å². The Hall–Kier alpha value is -1.18. The summed E-state index contributed by atoms with van der Waals surface area (Å²) < 4.78 is 6.30. The Labute approximate surface area is 120 Å². The van der Waals surface area contributed by atoms with E-state index in [4.69, 9.17) is 4.74 Å². The standard InChI is InChI=1S/C12H16BrN3O3/c1-15-4-5-19-10(8-15)7-14-11-3-2-9(13)6-12(11)16(17)18/h2-3,6,10,14H,4-5,7-8H2,1H3. The molecule has 19 heavy (non-hydrogen) atoms. The van der Waals surface area contributed by atoms with Crippen LogP contribution in [0, 0.1) is 10.1 Å². The zero-order chi connectivity index (χ0) is 13.8. The van der Waals surface area contributed by atoms with Gasteiger partial charge in [0.15, 0.2) is 0 Å². The van der Waals surface area contributed by atoms with Crippen molar-refractivity contribution in [1.29, 1.82) is 0 Å². The van der Waals surface area contributed by atoms with Crippen molar-refractivity contribution in [2.24, 2.45) is 0 Å². The van der Waals surface area contributed by atoms with Gasteiger partial charge in [0.25, 0.3) is 5.69 Å². The third-order valence-electron chi connectivity index (χ3n) is 3.02. The maximum atomic E-state index is 11.0. The molecular weight excluding hydrogens is 314 g/mol. The van der Waals surface area contributed by atoms with Crippen LogP contribution in [0.15, 0.2) is 22.7 Å². The fourth-order valence-corrected chi connectivity index (χ4v) is 2.37. The Balaban J connectivity index is 2.01. The van der Waals surface area contributed by atoms with Gasteiger partial charge in [-0.3, -0.25) is 10.1 Å². The van der Waals surface area contributed by atoms with Gasteiger partial charge < -0.3 is 15.0 Å². The van der Waals surface area contributed by atoms with Crippen LogP contribution in [-0.4, -0.2) is 49.2 Å². The Bertz CT molecular complexity index is 470. The first-order valence-electron chi connectivity index (χ1n) is 6.04. The number of halogens is 1. The molecular formula is C12H16BrN3O3. The van der Waals surface area contributed by atoms with Crippen molar-refractivity contribution in [3.05, 3.63) is 32.8 Å². The molecule has 1 heterocycles. The van der Waals surface area contributed by atoms with Crippen LogP contribution in [0.5, 0.6) is 0 Å². The van der Waals surface area contributed by atoms with Crippen LogP contribution < -0.4 is 5.32 Å². The normalized spacial score (nSPS) is 20.2. The number of benzene rings is 1. The Morgan fingerprint density at radius 2 is 2.42 bits per heavy atom. The minimum Gasteiger partial charge on any atom is -0.377 e. The SMILES string of the molecule is CN1CCOC(CNc2ccc(Br)cc2[N+](=O)[O-])C1. The van der Waals surface area contributed by atoms with Gasteiger partial charge >= 0.3 is 0 Å². The summed E-state index contributed by atoms with van der Waals surface area (Å²) in [5, 5.41) is 14.1. The van der Waals surface area contributed by atoms with Gasteiger partial charge in [-0.1, -0.05) is 15.9 Å². The first kappa shape index (κ1) is 14.2. The first-order chi connectivity index (χ1) is 9.06. The zero-order valence-corrected chi connectivity index (χ0v) is 12.2. The molecule has 1 aliphatic rings. The van der Waals surface area contributed by atoms with E-state index in [9.17, 15) is 10.1 Å². The molecule has 1 N–H and O–H groups in total. The van der Waals surface area contributed by atoms with E-state index in [1.807, 2.05) is 7.05 Å². The molecule has 7 heteroatoms. The molecule has 1 fully saturated rings. The predicted octanol–water partition coefficient (Wildman–Crippen LogP) is 2.10. The van der Waals surface area contributed by atoms with E-state index in [1.54, 1.807) is 12.1 Å². The van der Waals surface area contributed by atoms with E-state index in [0.717, 1.165) is 13.1 Å². The largest absolute Gasteiger partial charge is 0.377 e. The Morgan fingerprint density at radius 1 is 1.63 bits per heavy atom. The van der Waals surface area contributed by atoms with Crippen molar-refractivity contribution in [2.75, 3.05) is 38.6 Å². The van der Waals surface area contributed by atoms with E-state index in [-0.39, 0.29) is 16.7 Å². The molecule has 1 saturated heterocycles. The van der Waals surface area contributed by atoms with Crippen LogP contribution in [0.1, 0.15) is 0 Å². The molecule has 0 aliphatic carbocycles. The quantitative estimate of drug-likeness (QED) is 0.676. The number of nitrogens with one attached hydrogen (secondary N) is 1. The number of nitro groups is 1. The summed E-state index contributed by atoms with van der Waals surface area (Å²) in [7, 11) is 2.04. The second-order valence-corrected chi connectivity index (χ2v) is 5.47. The van der Waals surface area contributed by atoms with Crippen molar-refractivity contribution in [2.45, 2.75) is 6.10 Å². The highest BCUT2D eigenvalue weighted by Crippen LogP contribution is 2.28. The van der Waals surface area contributed by atoms with Gasteiger partial charge in [-0.15, -0.1) is 0 Å². The summed E-state index contributed by atoms with van der Waals surface area (Å²) in [4.78, 5) is 12.8. The number of anilines is 1. The van der Waals surface area contributed by atoms with Crippen LogP contribution in [0.2, 0.25) is 0 Å². The maximum absolute atomic E-state index is 11.0. The second-order valence-electron chi connectivity index (χ2n) is 4.55. The molecule has 104 valence electrons. The van der Waals surface area contributed by atoms with Gasteiger partial charge in [-0.2, -0.15) is 0 Å². The smallest absolute Gasteiger partial charge is 0.293 e. The van der Waals surface area contributed by atoms with E-state index in [1.165, 1.54) is 6.07 Å². The number of hydrogen-bond donors (Lipinski definition) is 1. The predicted molar refractivity (Wildman–Crippen MR) is 76.5 cm³/mol. The highest BCUT2D eigenvalue weighted by molar-refractivity contribution is 9.10. The van der Waals surface area contributed by atoms with Gasteiger partial charge in [-0.25, -0.2) is 0 Å². The number of hydrogen-bond acceptors (Lipinski definition) is 5. The van der Waals surface area contributed by atoms with Gasteiger partial charge in [-0.05, 0) is 19.2 Å². The van der Waals surface area contributed by atoms with Crippen molar-refractivity contribution in [1.82, 2.24) is 4.90 Å². The lowest BCUT2D eigenvalue weighted by molar-refractivity contribution is -0.384. The molecule has 6 nitrogen and oxygen atoms in total. The summed E-state index contributed by atoms with van der Waals surface area (Å²) in [6.45, 7) is 3.02. The lowest BCUT2D eigenvalue weighted by Gasteiger charge is -2.30. The van der Waals surface area contributed by atoms with Gasteiger partial charge in [0.1, 0.15) is 5.69 Å². The minimum absolute atomic E-state index is 0.0574. The third-order valence-corrected chi connectivity index (χ3v) is 3.51. The van der Waals surface area contributed by atoms with Crippen molar-refractivity contribution >= 4 is 27.3 Å². The van der Waals surface area contributed by atoms with E-state index >= 15 is 0 Å². The lowest BCUT2D eigenvalue weighted by Crippen LogP contribution is -2.43. The van der Waals surface area contributed by atoms with Gasteiger partial charge in [0, 0.05) is 30.2 Å². The van der Waals surface area contributed by atoms with Crippen LogP contribution in [0.3, 0.4) is 0 Å². The summed E-state index contributed by atoms with van der Waals surface area (Å²) in [6.07, 6.45) is 0.0574. The fraction of sp³-hybridized carbons (Fsp3) is 0.500. The minimum atomic E-state index is -0.388. The van der Waals surface area contributed by atoms with Gasteiger partial charge in [0.2, 0.25) is 0 Å². The van der Waals surface area contributed by atoms with E-state index in [2.05, 4.69) is 26.1 Å². The molecule has 0 aromatic heterocycles. The zero-order valence-electron chi connectivity index (χ0n) is 10.6. The molecule has 0 spiro atoms. The number of rotatable bonds is 4. The highest BCUT2D eigenvalue weighted by Gasteiger charge is 2.19. The van der Waals surface area contributed by atoms with Gasteiger partial charge in [0.05, 0.1) is 17.6 Å². The van der Waals surface area contributed by atoms with E-state index < -0.39 is 0 Å². The van der Waals surface area contributed by atoms with Crippen LogP contribution in [0.25, 0.3) is 0 Å². The molecule has 2 rings (SSSR count).